The summed E-state index contributed by atoms with van der Waals surface area (Å²) in [5.74, 6) is 0. The number of nitrogens with zero attached hydrogens (tertiary/aromatic N) is 1. The molecule has 1 aliphatic heterocycles. The molecule has 7 aromatic rings. The highest BCUT2D eigenvalue weighted by molar-refractivity contribution is 7.29. The van der Waals surface area contributed by atoms with Crippen molar-refractivity contribution in [3.8, 4) is 16.8 Å². The van der Waals surface area contributed by atoms with E-state index in [0.717, 1.165) is 18.7 Å². The number of fused-ring (bicyclic) bond motifs is 8. The van der Waals surface area contributed by atoms with Crippen molar-refractivity contribution < 1.29 is 0 Å². The van der Waals surface area contributed by atoms with Gasteiger partial charge in [-0.25, -0.2) is 0 Å². The molecule has 46 heavy (non-hydrogen) atoms. The van der Waals surface area contributed by atoms with Crippen LogP contribution in [0.4, 0.5) is 11.4 Å². The van der Waals surface area contributed by atoms with Gasteiger partial charge in [-0.2, -0.15) is 0 Å². The topological polar surface area (TPSA) is 17.0 Å². The number of hydrogen-bond donors (Lipinski definition) is 1. The predicted octanol–water partition coefficient (Wildman–Crippen LogP) is 10.1. The number of anilines is 2. The van der Waals surface area contributed by atoms with Gasteiger partial charge >= 0.3 is 0 Å². The summed E-state index contributed by atoms with van der Waals surface area (Å²) in [6.45, 7) is 14.2. The number of para-hydroxylation sites is 2. The van der Waals surface area contributed by atoms with Crippen molar-refractivity contribution in [3.05, 3.63) is 113 Å². The lowest BCUT2D eigenvalue weighted by Gasteiger charge is -2.42. The molecule has 0 fully saturated rings. The second-order valence-electron chi connectivity index (χ2n) is 15.0. The van der Waals surface area contributed by atoms with Crippen molar-refractivity contribution in [1.29, 1.82) is 0 Å². The van der Waals surface area contributed by atoms with E-state index in [0.29, 0.717) is 0 Å². The van der Waals surface area contributed by atoms with Gasteiger partial charge in [0.05, 0.1) is 11.2 Å². The molecule has 2 aromatic heterocycles. The maximum absolute atomic E-state index is 3.76. The minimum absolute atomic E-state index is 0.173. The third kappa shape index (κ3) is 3.96. The number of benzene rings is 5. The molecule has 2 aliphatic rings. The third-order valence-corrected chi connectivity index (χ3v) is 12.2. The summed E-state index contributed by atoms with van der Waals surface area (Å²) in [5.41, 5.74) is 16.4. The van der Waals surface area contributed by atoms with Crippen LogP contribution < -0.4 is 15.6 Å². The lowest BCUT2D eigenvalue weighted by atomic mass is 9.62. The van der Waals surface area contributed by atoms with Crippen LogP contribution in [0.15, 0.2) is 91.0 Å². The van der Waals surface area contributed by atoms with Gasteiger partial charge in [-0.3, -0.25) is 0 Å². The van der Waals surface area contributed by atoms with Gasteiger partial charge in [0.1, 0.15) is 0 Å². The summed E-state index contributed by atoms with van der Waals surface area (Å²) < 4.78 is 5.53. The van der Waals surface area contributed by atoms with Gasteiger partial charge in [0, 0.05) is 43.3 Å². The van der Waals surface area contributed by atoms with Gasteiger partial charge in [0.15, 0.2) is 0 Å². The zero-order valence-corrected chi connectivity index (χ0v) is 28.5. The maximum Gasteiger partial charge on any atom is 0.211 e. The van der Waals surface area contributed by atoms with Crippen LogP contribution >= 0.6 is 11.3 Å². The molecule has 2 nitrogen and oxygen atoms in total. The van der Waals surface area contributed by atoms with E-state index in [9.17, 15) is 0 Å². The number of nitrogens with one attached hydrogen (secondary N) is 1. The Morgan fingerprint density at radius 2 is 1.43 bits per heavy atom. The second-order valence-corrected chi connectivity index (χ2v) is 16.2. The fourth-order valence-corrected chi connectivity index (χ4v) is 9.64. The Morgan fingerprint density at radius 1 is 0.739 bits per heavy atom. The molecule has 226 valence electrons. The van der Waals surface area contributed by atoms with Crippen molar-refractivity contribution in [3.63, 3.8) is 0 Å². The summed E-state index contributed by atoms with van der Waals surface area (Å²) in [4.78, 5) is 0. The molecule has 0 saturated heterocycles. The minimum Gasteiger partial charge on any atom is -0.355 e. The van der Waals surface area contributed by atoms with Crippen LogP contribution in [-0.2, 0) is 10.8 Å². The Morgan fingerprint density at radius 3 is 2.22 bits per heavy atom. The first kappa shape index (κ1) is 28.0. The van der Waals surface area contributed by atoms with Crippen LogP contribution in [0, 0.1) is 13.8 Å². The normalized spacial score (nSPS) is 16.0. The summed E-state index contributed by atoms with van der Waals surface area (Å²) in [7, 11) is 0.938. The Hall–Kier alpha value is -4.28. The zero-order valence-electron chi connectivity index (χ0n) is 27.6. The molecule has 0 saturated carbocycles. The Bertz CT molecular complexity index is 2390. The third-order valence-electron chi connectivity index (χ3n) is 11.1. The number of aryl methyl sites for hydroxylation is 2. The van der Waals surface area contributed by atoms with Crippen molar-refractivity contribution in [2.75, 3.05) is 5.32 Å². The van der Waals surface area contributed by atoms with E-state index in [4.69, 9.17) is 0 Å². The van der Waals surface area contributed by atoms with Crippen molar-refractivity contribution >= 4 is 72.1 Å². The van der Waals surface area contributed by atoms with Crippen molar-refractivity contribution in [2.45, 2.75) is 65.2 Å². The second kappa shape index (κ2) is 9.62. The summed E-state index contributed by atoms with van der Waals surface area (Å²) in [6.07, 6.45) is 2.46. The fourth-order valence-electron chi connectivity index (χ4n) is 8.42. The van der Waals surface area contributed by atoms with Crippen LogP contribution in [0.1, 0.15) is 62.8 Å². The van der Waals surface area contributed by atoms with E-state index in [1.807, 2.05) is 11.3 Å². The lowest BCUT2D eigenvalue weighted by Crippen LogP contribution is -2.35. The van der Waals surface area contributed by atoms with Crippen LogP contribution in [0.5, 0.6) is 0 Å². The van der Waals surface area contributed by atoms with Crippen molar-refractivity contribution in [2.24, 2.45) is 0 Å². The Labute approximate surface area is 276 Å². The SMILES string of the molecule is Cc1ccc(Nc2ccccc2-c2cc(C)c3c4ccccc4n4c3c2Bc2sc3cc5c(cc3c2-4)C(C)(C)CCC5(C)C)cc1. The van der Waals surface area contributed by atoms with E-state index in [2.05, 4.69) is 142 Å². The molecule has 0 amide bonds. The van der Waals surface area contributed by atoms with E-state index in [1.54, 1.807) is 5.56 Å². The van der Waals surface area contributed by atoms with Crippen LogP contribution in [0.25, 0.3) is 48.7 Å². The van der Waals surface area contributed by atoms with Gasteiger partial charge in [-0.15, -0.1) is 11.3 Å². The smallest absolute Gasteiger partial charge is 0.211 e. The number of rotatable bonds is 3. The summed E-state index contributed by atoms with van der Waals surface area (Å²) in [5, 5.41) is 7.92. The standard InChI is InChI=1S/C42H39BN2S/c1-24-15-17-26(18-16-24)44-33-13-9-7-11-27(33)29-21-25(2)36-28-12-8-10-14-34(28)45-38-30-22-31-32(42(5,6)20-19-41(31,3)4)23-35(30)46-40(38)43-37(29)39(36)45/h7-18,21-23,43-44H,19-20H2,1-6H3. The average Bonchev–Trinajstić information content (AvgIpc) is 3.58. The van der Waals surface area contributed by atoms with Crippen molar-refractivity contribution in [1.82, 2.24) is 4.57 Å². The van der Waals surface area contributed by atoms with E-state index in [-0.39, 0.29) is 10.8 Å². The molecule has 1 N–H and O–H groups in total. The average molecular weight is 615 g/mol. The minimum atomic E-state index is 0.173. The quantitative estimate of drug-likeness (QED) is 0.196. The summed E-state index contributed by atoms with van der Waals surface area (Å²) in [6, 6.07) is 34.2. The molecule has 3 heterocycles. The van der Waals surface area contributed by atoms with Gasteiger partial charge < -0.3 is 9.88 Å². The predicted molar refractivity (Wildman–Crippen MR) is 203 cm³/mol. The van der Waals surface area contributed by atoms with Crippen LogP contribution in [0.2, 0.25) is 0 Å². The highest BCUT2D eigenvalue weighted by Gasteiger charge is 2.38. The molecular weight excluding hydrogens is 575 g/mol. The number of thiophene rings is 1. The van der Waals surface area contributed by atoms with Gasteiger partial charge in [0.25, 0.3) is 0 Å². The Kier molecular flexibility index (Phi) is 5.85. The van der Waals surface area contributed by atoms with E-state index >= 15 is 0 Å². The summed E-state index contributed by atoms with van der Waals surface area (Å²) >= 11 is 2.01. The van der Waals surface area contributed by atoms with E-state index in [1.165, 1.54) is 88.5 Å². The van der Waals surface area contributed by atoms with Gasteiger partial charge in [-0.05, 0) is 106 Å². The molecule has 4 heteroatoms. The first-order valence-electron chi connectivity index (χ1n) is 16.7. The zero-order chi connectivity index (χ0) is 31.5. The Balaban J connectivity index is 1.34. The first-order chi connectivity index (χ1) is 22.1. The maximum atomic E-state index is 3.76. The first-order valence-corrected chi connectivity index (χ1v) is 17.5. The molecule has 5 aromatic carbocycles. The number of hydrogen-bond acceptors (Lipinski definition) is 2. The lowest BCUT2D eigenvalue weighted by molar-refractivity contribution is 0.332. The molecule has 1 aliphatic carbocycles. The molecule has 0 unspecified atom stereocenters. The molecule has 0 radical (unpaired) electrons. The molecule has 9 rings (SSSR count). The monoisotopic (exact) mass is 614 g/mol. The number of aromatic nitrogens is 1. The fraction of sp³-hybridized carbons (Fsp3) is 0.238. The molecule has 0 spiro atoms. The largest absolute Gasteiger partial charge is 0.355 e. The highest BCUT2D eigenvalue weighted by atomic mass is 32.1. The van der Waals surface area contributed by atoms with Gasteiger partial charge in [0.2, 0.25) is 7.28 Å². The van der Waals surface area contributed by atoms with Crippen LogP contribution in [0.3, 0.4) is 0 Å². The highest BCUT2D eigenvalue weighted by Crippen LogP contribution is 2.49. The van der Waals surface area contributed by atoms with Crippen LogP contribution in [-0.4, -0.2) is 11.8 Å². The van der Waals surface area contributed by atoms with E-state index < -0.39 is 0 Å². The van der Waals surface area contributed by atoms with Gasteiger partial charge in [-0.1, -0.05) is 87.9 Å². The molecular formula is C42H39BN2S. The molecule has 0 atom stereocenters. The molecule has 0 bridgehead atoms.